The summed E-state index contributed by atoms with van der Waals surface area (Å²) in [7, 11) is 0. The predicted octanol–water partition coefficient (Wildman–Crippen LogP) is 9.79. The number of nitrogens with one attached hydrogen (secondary N) is 3. The van der Waals surface area contributed by atoms with Gasteiger partial charge in [-0.3, -0.25) is 19.2 Å². The van der Waals surface area contributed by atoms with Crippen LogP contribution in [0.1, 0.15) is 101 Å². The fourth-order valence-electron chi connectivity index (χ4n) is 10.6. The number of carbonyl (C=O) groups excluding carboxylic acids is 4. The molecule has 5 aromatic rings. The van der Waals surface area contributed by atoms with Crippen LogP contribution in [0.4, 0.5) is 0 Å². The number of hydrogen-bond donors (Lipinski definition) is 4. The van der Waals surface area contributed by atoms with Crippen molar-refractivity contribution in [1.29, 1.82) is 0 Å². The van der Waals surface area contributed by atoms with Crippen LogP contribution in [-0.4, -0.2) is 77.3 Å². The number of carbonyl (C=O) groups is 4. The van der Waals surface area contributed by atoms with Crippen molar-refractivity contribution in [3.05, 3.63) is 137 Å². The summed E-state index contributed by atoms with van der Waals surface area (Å²) < 4.78 is 20.1. The van der Waals surface area contributed by atoms with Crippen molar-refractivity contribution >= 4 is 35.1 Å². The van der Waals surface area contributed by atoms with E-state index >= 15 is 0 Å². The van der Waals surface area contributed by atoms with Gasteiger partial charge in [-0.25, -0.2) is 0 Å². The maximum atomic E-state index is 14.2. The van der Waals surface area contributed by atoms with E-state index in [0.717, 1.165) is 33.6 Å². The lowest BCUT2D eigenvalue weighted by Gasteiger charge is -2.63. The van der Waals surface area contributed by atoms with E-state index in [2.05, 4.69) is 48.2 Å². The van der Waals surface area contributed by atoms with Gasteiger partial charge in [0, 0.05) is 51.0 Å². The van der Waals surface area contributed by atoms with Gasteiger partial charge in [-0.2, -0.15) is 0 Å². The van der Waals surface area contributed by atoms with Gasteiger partial charge in [-0.1, -0.05) is 103 Å². The molecule has 13 heteroatoms. The number of amides is 3. The minimum absolute atomic E-state index is 0.121. The molecular weight excluding hydrogens is 904 g/mol. The summed E-state index contributed by atoms with van der Waals surface area (Å²) in [6, 6.07) is 31.4. The number of nitrogens with zero attached hydrogens (tertiary/aromatic N) is 1. The third-order valence-corrected chi connectivity index (χ3v) is 14.7. The highest BCUT2D eigenvalue weighted by molar-refractivity contribution is 6.31. The van der Waals surface area contributed by atoms with Crippen molar-refractivity contribution < 1.29 is 38.5 Å². The normalized spacial score (nSPS) is 21.2. The van der Waals surface area contributed by atoms with Crippen molar-refractivity contribution in [3.8, 4) is 28.3 Å². The van der Waals surface area contributed by atoms with Crippen molar-refractivity contribution in [1.82, 2.24) is 20.5 Å². The number of halogens is 1. The number of rotatable bonds is 18. The lowest BCUT2D eigenvalue weighted by atomic mass is 9.49. The monoisotopic (exact) mass is 972 g/mol. The van der Waals surface area contributed by atoms with E-state index in [9.17, 15) is 24.3 Å². The molecule has 0 saturated heterocycles. The Morgan fingerprint density at radius 2 is 1.41 bits per heavy atom. The van der Waals surface area contributed by atoms with Gasteiger partial charge in [-0.15, -0.1) is 0 Å². The van der Waals surface area contributed by atoms with Crippen LogP contribution in [-0.2, 0) is 19.1 Å². The first kappa shape index (κ1) is 51.9. The summed E-state index contributed by atoms with van der Waals surface area (Å²) >= 11 is 6.36. The molecule has 1 heterocycles. The molecule has 0 radical (unpaired) electrons. The Balaban J connectivity index is 0.847. The maximum Gasteiger partial charge on any atom is 0.251 e. The number of benzene rings is 4. The van der Waals surface area contributed by atoms with E-state index in [4.69, 9.17) is 25.8 Å². The molecule has 0 bridgehead atoms. The van der Waals surface area contributed by atoms with Gasteiger partial charge in [0.1, 0.15) is 30.8 Å². The average molecular weight is 974 g/mol. The molecule has 1 aromatic heterocycles. The van der Waals surface area contributed by atoms with Crippen LogP contribution in [0.25, 0.3) is 16.8 Å². The van der Waals surface area contributed by atoms with Crippen LogP contribution in [0, 0.1) is 41.9 Å². The summed E-state index contributed by atoms with van der Waals surface area (Å²) in [6.45, 7) is 19.9. The number of ether oxygens (including phenoxy) is 3. The Hall–Kier alpha value is -5.95. The molecule has 372 valence electrons. The summed E-state index contributed by atoms with van der Waals surface area (Å²) in [4.78, 5) is 54.6. The van der Waals surface area contributed by atoms with Crippen LogP contribution in [0.3, 0.4) is 0 Å². The molecule has 2 aliphatic rings. The minimum Gasteiger partial charge on any atom is -0.491 e. The second kappa shape index (κ2) is 21.2. The van der Waals surface area contributed by atoms with Crippen molar-refractivity contribution in [2.24, 2.45) is 28.1 Å². The van der Waals surface area contributed by atoms with Gasteiger partial charge in [0.25, 0.3) is 5.91 Å². The average Bonchev–Trinajstić information content (AvgIpc) is 3.94. The number of hydrogen-bond acceptors (Lipinski definition) is 8. The first-order valence-electron chi connectivity index (χ1n) is 24.2. The minimum atomic E-state index is -0.911. The van der Waals surface area contributed by atoms with E-state index in [1.54, 1.807) is 0 Å². The molecule has 5 atom stereocenters. The second-order valence-electron chi connectivity index (χ2n) is 21.4. The standard InChI is InChI=1S/C57H69ClN4O8/c1-34-13-24-44(32-47(34)58)70-54-56(7,8)53(57(54,9)10)61-51(66)40-16-14-38(15-17-40)39-20-25-43(26-21-39)69-29-28-68-33-48(64)60-50(55(4,5)6)49(65)45-30-42(63)31-46(45)52(67)59-36(3)37-18-22-41(23-19-37)62-27-11-12-35(62)2/h11-27,32,36,42,45-46,50,53-54,63H,28-31,33H2,1-10H3,(H,59,67)(H,60,64)(H,61,66)/t36-,42-,45?,46+,50+,53-,54-/m0/s1. The Kier molecular flexibility index (Phi) is 15.7. The largest absolute Gasteiger partial charge is 0.491 e. The molecule has 2 fully saturated rings. The van der Waals surface area contributed by atoms with E-state index in [0.29, 0.717) is 22.1 Å². The van der Waals surface area contributed by atoms with Crippen LogP contribution in [0.15, 0.2) is 109 Å². The summed E-state index contributed by atoms with van der Waals surface area (Å²) in [5.41, 5.74) is 5.15. The highest BCUT2D eigenvalue weighted by Crippen LogP contribution is 2.55. The molecular formula is C57H69ClN4O8. The first-order valence-corrected chi connectivity index (χ1v) is 24.6. The van der Waals surface area contributed by atoms with Crippen LogP contribution < -0.4 is 25.4 Å². The molecule has 12 nitrogen and oxygen atoms in total. The first-order chi connectivity index (χ1) is 33.0. The van der Waals surface area contributed by atoms with Gasteiger partial charge in [0.15, 0.2) is 5.78 Å². The molecule has 4 N–H and O–H groups in total. The Labute approximate surface area is 417 Å². The number of aromatic nitrogens is 1. The molecule has 7 rings (SSSR count). The number of ketones is 1. The van der Waals surface area contributed by atoms with E-state index < -0.39 is 35.3 Å². The lowest BCUT2D eigenvalue weighted by Crippen LogP contribution is -2.74. The Morgan fingerprint density at radius 1 is 0.800 bits per heavy atom. The van der Waals surface area contributed by atoms with Gasteiger partial charge in [-0.05, 0) is 122 Å². The molecule has 1 unspecified atom stereocenters. The fourth-order valence-corrected chi connectivity index (χ4v) is 10.7. The molecule has 70 heavy (non-hydrogen) atoms. The van der Waals surface area contributed by atoms with Gasteiger partial charge in [0.2, 0.25) is 11.8 Å². The molecule has 2 saturated carbocycles. The smallest absolute Gasteiger partial charge is 0.251 e. The van der Waals surface area contributed by atoms with E-state index in [1.165, 1.54) is 0 Å². The highest BCUT2D eigenvalue weighted by atomic mass is 35.5. The molecule has 0 aliphatic heterocycles. The quantitative estimate of drug-likeness (QED) is 0.0633. The number of aliphatic hydroxyl groups excluding tert-OH is 1. The molecule has 2 aliphatic carbocycles. The fraction of sp³-hybridized carbons (Fsp3) is 0.439. The van der Waals surface area contributed by atoms with Gasteiger partial charge < -0.3 is 39.8 Å². The SMILES string of the molecule is Cc1ccc(O[C@H]2C(C)(C)[C@H](NC(=O)c3ccc(-c4ccc(OCCOCC(=O)N[C@H](C(=O)C5C[C@H](O)C[C@H]5C(=O)N[C@@H](C)c5ccc(-n6cccc6C)cc5)C(C)(C)C)cc4)cc3)C2(C)C)cc1Cl. The van der Waals surface area contributed by atoms with Gasteiger partial charge in [0.05, 0.1) is 30.7 Å². The number of aliphatic hydroxyl groups is 1. The zero-order valence-corrected chi connectivity index (χ0v) is 42.9. The Morgan fingerprint density at radius 3 is 2.01 bits per heavy atom. The molecule has 4 aromatic carbocycles. The number of aryl methyl sites for hydroxylation is 2. The molecule has 0 spiro atoms. The second-order valence-corrected chi connectivity index (χ2v) is 21.8. The highest BCUT2D eigenvalue weighted by Gasteiger charge is 2.64. The van der Waals surface area contributed by atoms with Gasteiger partial charge >= 0.3 is 0 Å². The summed E-state index contributed by atoms with van der Waals surface area (Å²) in [5.74, 6) is -1.37. The van der Waals surface area contributed by atoms with E-state index in [-0.39, 0.29) is 79.3 Å². The Bertz CT molecular complexity index is 2640. The summed E-state index contributed by atoms with van der Waals surface area (Å²) in [5, 5.41) is 20.6. The predicted molar refractivity (Wildman–Crippen MR) is 273 cm³/mol. The third kappa shape index (κ3) is 11.6. The number of Topliss-reactive ketones (excluding diaryl/α,β-unsaturated/α-hetero) is 1. The van der Waals surface area contributed by atoms with Crippen molar-refractivity contribution in [3.63, 3.8) is 0 Å². The topological polar surface area (TPSA) is 157 Å². The van der Waals surface area contributed by atoms with Crippen molar-refractivity contribution in [2.45, 2.75) is 112 Å². The maximum absolute atomic E-state index is 14.2. The summed E-state index contributed by atoms with van der Waals surface area (Å²) in [6.07, 6.45) is 1.35. The lowest BCUT2D eigenvalue weighted by molar-refractivity contribution is -0.164. The van der Waals surface area contributed by atoms with Crippen LogP contribution >= 0.6 is 11.6 Å². The van der Waals surface area contributed by atoms with Crippen molar-refractivity contribution in [2.75, 3.05) is 19.8 Å². The van der Waals surface area contributed by atoms with Crippen LogP contribution in [0.5, 0.6) is 11.5 Å². The zero-order chi connectivity index (χ0) is 50.7. The van der Waals surface area contributed by atoms with Crippen LogP contribution in [0.2, 0.25) is 5.02 Å². The zero-order valence-electron chi connectivity index (χ0n) is 42.1. The van der Waals surface area contributed by atoms with E-state index in [1.807, 2.05) is 151 Å². The molecule has 3 amide bonds. The third-order valence-electron chi connectivity index (χ3n) is 14.3.